The molecule has 0 aliphatic rings. The van der Waals surface area contributed by atoms with Gasteiger partial charge >= 0.3 is 0 Å². The number of benzene rings is 1. The molecule has 0 radical (unpaired) electrons. The molecule has 0 aliphatic carbocycles. The quantitative estimate of drug-likeness (QED) is 0.787. The number of nitrogens with zero attached hydrogens (tertiary/aromatic N) is 4. The predicted octanol–water partition coefficient (Wildman–Crippen LogP) is 2.21. The van der Waals surface area contributed by atoms with Gasteiger partial charge in [-0.05, 0) is 31.2 Å². The second-order valence-corrected chi connectivity index (χ2v) is 4.84. The maximum atomic E-state index is 4.69. The van der Waals surface area contributed by atoms with E-state index in [0.29, 0.717) is 6.54 Å². The van der Waals surface area contributed by atoms with Gasteiger partial charge < -0.3 is 9.88 Å². The van der Waals surface area contributed by atoms with Crippen LogP contribution in [0.4, 0.5) is 0 Å². The Morgan fingerprint density at radius 2 is 2.05 bits per heavy atom. The molecule has 1 aromatic carbocycles. The first-order valence-electron chi connectivity index (χ1n) is 6.67. The maximum Gasteiger partial charge on any atom is 0.126 e. The highest BCUT2D eigenvalue weighted by Crippen LogP contribution is 2.19. The lowest BCUT2D eigenvalue weighted by molar-refractivity contribution is 0.525. The summed E-state index contributed by atoms with van der Waals surface area (Å²) in [4.78, 5) is 4.69. The van der Waals surface area contributed by atoms with E-state index < -0.39 is 0 Å². The van der Waals surface area contributed by atoms with Crippen molar-refractivity contribution in [2.75, 3.05) is 0 Å². The monoisotopic (exact) mass is 267 g/mol. The van der Waals surface area contributed by atoms with E-state index in [2.05, 4.69) is 38.1 Å². The molecule has 1 unspecified atom stereocenters. The highest BCUT2D eigenvalue weighted by molar-refractivity contribution is 5.75. The number of aryl methyl sites for hydroxylation is 1. The first kappa shape index (κ1) is 12.7. The zero-order chi connectivity index (χ0) is 13.9. The fourth-order valence-corrected chi connectivity index (χ4v) is 2.33. The third-order valence-corrected chi connectivity index (χ3v) is 3.43. The van der Waals surface area contributed by atoms with E-state index in [9.17, 15) is 0 Å². The van der Waals surface area contributed by atoms with Crippen LogP contribution >= 0.6 is 0 Å². The molecular formula is C15H17N5. The minimum Gasteiger partial charge on any atom is -0.330 e. The van der Waals surface area contributed by atoms with E-state index in [1.807, 2.05) is 37.4 Å². The van der Waals surface area contributed by atoms with Gasteiger partial charge in [-0.3, -0.25) is 0 Å². The smallest absolute Gasteiger partial charge is 0.126 e. The van der Waals surface area contributed by atoms with Crippen molar-refractivity contribution < 1.29 is 0 Å². The van der Waals surface area contributed by atoms with E-state index in [-0.39, 0.29) is 6.04 Å². The molecule has 2 heterocycles. The minimum absolute atomic E-state index is 0.148. The number of nitrogens with one attached hydrogen (secondary N) is 1. The van der Waals surface area contributed by atoms with Gasteiger partial charge in [-0.1, -0.05) is 12.1 Å². The number of imidazole rings is 1. The van der Waals surface area contributed by atoms with E-state index in [1.54, 1.807) is 6.20 Å². The molecule has 1 atom stereocenters. The summed E-state index contributed by atoms with van der Waals surface area (Å²) in [5, 5.41) is 11.4. The lowest BCUT2D eigenvalue weighted by Gasteiger charge is -2.13. The largest absolute Gasteiger partial charge is 0.330 e. The van der Waals surface area contributed by atoms with E-state index in [4.69, 9.17) is 0 Å². The number of hydrogen-bond acceptors (Lipinski definition) is 4. The molecule has 5 heteroatoms. The Balaban J connectivity index is 1.79. The fourth-order valence-electron chi connectivity index (χ4n) is 2.33. The number of fused-ring (bicyclic) bond motifs is 1. The first-order valence-corrected chi connectivity index (χ1v) is 6.67. The summed E-state index contributed by atoms with van der Waals surface area (Å²) in [5.41, 5.74) is 3.10. The van der Waals surface area contributed by atoms with Gasteiger partial charge in [0.25, 0.3) is 0 Å². The van der Waals surface area contributed by atoms with Gasteiger partial charge in [0, 0.05) is 19.8 Å². The van der Waals surface area contributed by atoms with Crippen molar-refractivity contribution >= 4 is 11.0 Å². The molecule has 0 saturated heterocycles. The molecule has 0 bridgehead atoms. The summed E-state index contributed by atoms with van der Waals surface area (Å²) < 4.78 is 2.13. The summed E-state index contributed by atoms with van der Waals surface area (Å²) in [6.07, 6.45) is 1.68. The highest BCUT2D eigenvalue weighted by Gasteiger charge is 2.13. The molecule has 0 saturated carbocycles. The molecule has 3 aromatic rings. The van der Waals surface area contributed by atoms with Gasteiger partial charge in [-0.25, -0.2) is 4.98 Å². The van der Waals surface area contributed by atoms with Gasteiger partial charge in [-0.2, -0.15) is 10.2 Å². The second-order valence-electron chi connectivity index (χ2n) is 4.84. The SMILES string of the molecule is CC(NCc1cccnn1)c1nc2ccccc2n1C. The number of aromatic nitrogens is 4. The maximum absolute atomic E-state index is 4.69. The van der Waals surface area contributed by atoms with Crippen LogP contribution in [0.25, 0.3) is 11.0 Å². The van der Waals surface area contributed by atoms with Crippen molar-refractivity contribution in [2.24, 2.45) is 7.05 Å². The number of hydrogen-bond donors (Lipinski definition) is 1. The van der Waals surface area contributed by atoms with E-state index in [1.165, 1.54) is 0 Å². The van der Waals surface area contributed by atoms with E-state index >= 15 is 0 Å². The molecule has 0 aliphatic heterocycles. The molecule has 1 N–H and O–H groups in total. The Bertz CT molecular complexity index is 705. The molecule has 5 nitrogen and oxygen atoms in total. The number of rotatable bonds is 4. The van der Waals surface area contributed by atoms with Crippen molar-refractivity contribution in [1.29, 1.82) is 0 Å². The minimum atomic E-state index is 0.148. The van der Waals surface area contributed by atoms with Crippen molar-refractivity contribution in [2.45, 2.75) is 19.5 Å². The van der Waals surface area contributed by atoms with Gasteiger partial charge in [-0.15, -0.1) is 0 Å². The third-order valence-electron chi connectivity index (χ3n) is 3.43. The standard InChI is InChI=1S/C15H17N5/c1-11(16-10-12-6-5-9-17-19-12)15-18-13-7-3-4-8-14(13)20(15)2/h3-9,11,16H,10H2,1-2H3. The van der Waals surface area contributed by atoms with Crippen LogP contribution in [0.5, 0.6) is 0 Å². The molecule has 2 aromatic heterocycles. The molecule has 0 amide bonds. The van der Waals surface area contributed by atoms with Crippen LogP contribution in [-0.2, 0) is 13.6 Å². The average Bonchev–Trinajstić information content (AvgIpc) is 2.84. The van der Waals surface area contributed by atoms with Crippen LogP contribution in [0, 0.1) is 0 Å². The lowest BCUT2D eigenvalue weighted by atomic mass is 10.3. The molecule has 3 rings (SSSR count). The topological polar surface area (TPSA) is 55.6 Å². The molecule has 102 valence electrons. The summed E-state index contributed by atoms with van der Waals surface area (Å²) in [6.45, 7) is 2.79. The molecule has 0 fully saturated rings. The Morgan fingerprint density at radius 1 is 1.20 bits per heavy atom. The normalized spacial score (nSPS) is 12.7. The van der Waals surface area contributed by atoms with Crippen LogP contribution < -0.4 is 5.32 Å². The summed E-state index contributed by atoms with van der Waals surface area (Å²) in [5.74, 6) is 1.02. The highest BCUT2D eigenvalue weighted by atomic mass is 15.1. The Labute approximate surface area is 117 Å². The average molecular weight is 267 g/mol. The Hall–Kier alpha value is -2.27. The van der Waals surface area contributed by atoms with E-state index in [0.717, 1.165) is 22.6 Å². The second kappa shape index (κ2) is 5.38. The van der Waals surface area contributed by atoms with Gasteiger partial charge in [0.2, 0.25) is 0 Å². The Kier molecular flexibility index (Phi) is 3.43. The Morgan fingerprint density at radius 3 is 2.80 bits per heavy atom. The van der Waals surface area contributed by atoms with Gasteiger partial charge in [0.15, 0.2) is 0 Å². The van der Waals surface area contributed by atoms with Crippen LogP contribution in [0.3, 0.4) is 0 Å². The zero-order valence-corrected chi connectivity index (χ0v) is 11.6. The van der Waals surface area contributed by atoms with Gasteiger partial charge in [0.05, 0.1) is 22.8 Å². The molecule has 20 heavy (non-hydrogen) atoms. The molecular weight excluding hydrogens is 250 g/mol. The van der Waals surface area contributed by atoms with Crippen molar-refractivity contribution in [1.82, 2.24) is 25.1 Å². The number of para-hydroxylation sites is 2. The van der Waals surface area contributed by atoms with Crippen molar-refractivity contribution in [3.63, 3.8) is 0 Å². The van der Waals surface area contributed by atoms with Gasteiger partial charge in [0.1, 0.15) is 5.82 Å². The first-order chi connectivity index (χ1) is 9.75. The van der Waals surface area contributed by atoms with Crippen molar-refractivity contribution in [3.05, 3.63) is 54.1 Å². The van der Waals surface area contributed by atoms with Crippen molar-refractivity contribution in [3.8, 4) is 0 Å². The predicted molar refractivity (Wildman–Crippen MR) is 78.0 cm³/mol. The zero-order valence-electron chi connectivity index (χ0n) is 11.6. The summed E-state index contributed by atoms with van der Waals surface area (Å²) in [7, 11) is 2.05. The third kappa shape index (κ3) is 2.40. The van der Waals surface area contributed by atoms with Crippen LogP contribution in [0.1, 0.15) is 24.5 Å². The van der Waals surface area contributed by atoms with Crippen LogP contribution in [0.2, 0.25) is 0 Å². The summed E-state index contributed by atoms with van der Waals surface area (Å²) in [6, 6.07) is 12.2. The fraction of sp³-hybridized carbons (Fsp3) is 0.267. The van der Waals surface area contributed by atoms with Crippen LogP contribution in [0.15, 0.2) is 42.6 Å². The lowest BCUT2D eigenvalue weighted by Crippen LogP contribution is -2.21. The van der Waals surface area contributed by atoms with Crippen LogP contribution in [-0.4, -0.2) is 19.7 Å². The molecule has 0 spiro atoms. The summed E-state index contributed by atoms with van der Waals surface area (Å²) >= 11 is 0.